The normalized spacial score (nSPS) is 12.0. The fraction of sp³-hybridized carbons (Fsp3) is 0.615. The summed E-state index contributed by atoms with van der Waals surface area (Å²) in [6.07, 6.45) is 2.06. The van der Waals surface area contributed by atoms with Crippen molar-refractivity contribution in [2.24, 2.45) is 0 Å². The van der Waals surface area contributed by atoms with E-state index in [1.54, 1.807) is 6.92 Å². The highest BCUT2D eigenvalue weighted by molar-refractivity contribution is 7.17. The summed E-state index contributed by atoms with van der Waals surface area (Å²) < 4.78 is 4.91. The number of carbonyl (C=O) groups excluding carboxylic acids is 2. The van der Waals surface area contributed by atoms with Crippen LogP contribution in [-0.4, -0.2) is 29.4 Å². The van der Waals surface area contributed by atoms with Crippen LogP contribution in [0.3, 0.4) is 0 Å². The molecular formula is C13H20N2O3S. The van der Waals surface area contributed by atoms with Gasteiger partial charge in [0, 0.05) is 13.0 Å². The zero-order valence-electron chi connectivity index (χ0n) is 11.8. The van der Waals surface area contributed by atoms with E-state index in [9.17, 15) is 9.59 Å². The van der Waals surface area contributed by atoms with Crippen molar-refractivity contribution in [2.45, 2.75) is 46.6 Å². The van der Waals surface area contributed by atoms with Crippen molar-refractivity contribution in [1.29, 1.82) is 0 Å². The van der Waals surface area contributed by atoms with Crippen molar-refractivity contribution in [3.8, 4) is 0 Å². The summed E-state index contributed by atoms with van der Waals surface area (Å²) in [7, 11) is 0. The molecule has 0 aliphatic heterocycles. The van der Waals surface area contributed by atoms with Gasteiger partial charge in [-0.15, -0.1) is 0 Å². The van der Waals surface area contributed by atoms with Crippen molar-refractivity contribution < 1.29 is 14.3 Å². The number of hydrogen-bond acceptors (Lipinski definition) is 6. The van der Waals surface area contributed by atoms with Gasteiger partial charge in [0.1, 0.15) is 4.88 Å². The molecular weight excluding hydrogens is 264 g/mol. The predicted molar refractivity (Wildman–Crippen MR) is 76.1 cm³/mol. The molecule has 1 unspecified atom stereocenters. The van der Waals surface area contributed by atoms with Crippen LogP contribution in [-0.2, 0) is 4.74 Å². The van der Waals surface area contributed by atoms with E-state index in [1.165, 1.54) is 18.3 Å². The van der Waals surface area contributed by atoms with Crippen molar-refractivity contribution in [2.75, 3.05) is 11.9 Å². The third-order valence-electron chi connectivity index (χ3n) is 2.51. The van der Waals surface area contributed by atoms with Gasteiger partial charge < -0.3 is 10.1 Å². The van der Waals surface area contributed by atoms with E-state index in [0.717, 1.165) is 12.8 Å². The number of aromatic nitrogens is 1. The number of ether oxygens (including phenoxy) is 1. The number of thiazole rings is 1. The average molecular weight is 284 g/mol. The molecule has 0 spiro atoms. The first-order chi connectivity index (χ1) is 8.99. The molecule has 1 atom stereocenters. The molecule has 0 saturated carbocycles. The minimum atomic E-state index is -0.542. The minimum Gasteiger partial charge on any atom is -0.461 e. The van der Waals surface area contributed by atoms with Gasteiger partial charge in [-0.25, -0.2) is 9.78 Å². The number of ketones is 1. The highest BCUT2D eigenvalue weighted by atomic mass is 32.1. The quantitative estimate of drug-likeness (QED) is 0.615. The van der Waals surface area contributed by atoms with Crippen LogP contribution < -0.4 is 5.32 Å². The van der Waals surface area contributed by atoms with Crippen LogP contribution in [0.4, 0.5) is 5.13 Å². The van der Waals surface area contributed by atoms with E-state index in [0.29, 0.717) is 10.0 Å². The first kappa shape index (κ1) is 15.6. The maximum absolute atomic E-state index is 11.7. The number of anilines is 1. The summed E-state index contributed by atoms with van der Waals surface area (Å²) in [4.78, 5) is 27.8. The molecule has 0 aliphatic rings. The van der Waals surface area contributed by atoms with Gasteiger partial charge in [0.25, 0.3) is 0 Å². The largest absolute Gasteiger partial charge is 0.461 e. The third kappa shape index (κ3) is 4.31. The van der Waals surface area contributed by atoms with Crippen LogP contribution in [0.2, 0.25) is 0 Å². The zero-order chi connectivity index (χ0) is 14.4. The number of Topliss-reactive ketones (excluding diaryl/α,β-unsaturated/α-hetero) is 1. The Bertz CT molecular complexity index is 457. The Kier molecular flexibility index (Phi) is 5.95. The molecule has 1 N–H and O–H groups in total. The number of rotatable bonds is 7. The lowest BCUT2D eigenvalue weighted by Crippen LogP contribution is -2.14. The second-order valence-corrected chi connectivity index (χ2v) is 5.31. The fourth-order valence-corrected chi connectivity index (χ4v) is 2.63. The predicted octanol–water partition coefficient (Wildman–Crippen LogP) is 3.12. The van der Waals surface area contributed by atoms with Gasteiger partial charge in [0.15, 0.2) is 16.6 Å². The lowest BCUT2D eigenvalue weighted by Gasteiger charge is -2.10. The monoisotopic (exact) mass is 284 g/mol. The van der Waals surface area contributed by atoms with Crippen LogP contribution in [0.25, 0.3) is 0 Å². The van der Waals surface area contributed by atoms with E-state index in [4.69, 9.17) is 4.74 Å². The van der Waals surface area contributed by atoms with E-state index in [-0.39, 0.29) is 24.1 Å². The fourth-order valence-electron chi connectivity index (χ4n) is 1.67. The van der Waals surface area contributed by atoms with Crippen LogP contribution >= 0.6 is 11.3 Å². The Morgan fingerprint density at radius 2 is 2.11 bits per heavy atom. The lowest BCUT2D eigenvalue weighted by molar-refractivity contribution is 0.0517. The number of hydrogen-bond donors (Lipinski definition) is 1. The Hall–Kier alpha value is -1.43. The topological polar surface area (TPSA) is 68.3 Å². The summed E-state index contributed by atoms with van der Waals surface area (Å²) in [5, 5.41) is 3.79. The molecule has 0 aliphatic carbocycles. The average Bonchev–Trinajstić information content (AvgIpc) is 2.73. The van der Waals surface area contributed by atoms with Crippen LogP contribution in [0.5, 0.6) is 0 Å². The van der Waals surface area contributed by atoms with Crippen molar-refractivity contribution in [3.63, 3.8) is 0 Å². The van der Waals surface area contributed by atoms with Crippen LogP contribution in [0.1, 0.15) is 60.7 Å². The van der Waals surface area contributed by atoms with Crippen molar-refractivity contribution in [3.05, 3.63) is 10.6 Å². The summed E-state index contributed by atoms with van der Waals surface area (Å²) in [6.45, 7) is 7.56. The summed E-state index contributed by atoms with van der Waals surface area (Å²) in [5.41, 5.74) is 0.116. The van der Waals surface area contributed by atoms with E-state index in [1.807, 2.05) is 6.92 Å². The van der Waals surface area contributed by atoms with Gasteiger partial charge in [-0.05, 0) is 20.3 Å². The molecule has 5 nitrogen and oxygen atoms in total. The summed E-state index contributed by atoms with van der Waals surface area (Å²) in [5.74, 6) is -0.711. The molecule has 1 aromatic heterocycles. The van der Waals surface area contributed by atoms with Gasteiger partial charge in [-0.2, -0.15) is 0 Å². The molecule has 19 heavy (non-hydrogen) atoms. The smallest absolute Gasteiger partial charge is 0.358 e. The third-order valence-corrected chi connectivity index (χ3v) is 3.59. The molecule has 0 saturated heterocycles. The SMILES string of the molecule is CCCC(C)Nc1nc(C(=O)OCC)c(C(C)=O)s1. The molecule has 0 amide bonds. The first-order valence-corrected chi connectivity index (χ1v) is 7.26. The molecule has 1 aromatic rings. The Balaban J connectivity index is 2.94. The van der Waals surface area contributed by atoms with Gasteiger partial charge >= 0.3 is 5.97 Å². The minimum absolute atomic E-state index is 0.116. The van der Waals surface area contributed by atoms with Gasteiger partial charge in [0.2, 0.25) is 0 Å². The van der Waals surface area contributed by atoms with Crippen molar-refractivity contribution in [1.82, 2.24) is 4.98 Å². The van der Waals surface area contributed by atoms with Gasteiger partial charge in [0.05, 0.1) is 6.61 Å². The van der Waals surface area contributed by atoms with Gasteiger partial charge in [-0.3, -0.25) is 4.79 Å². The second-order valence-electron chi connectivity index (χ2n) is 4.31. The highest BCUT2D eigenvalue weighted by Gasteiger charge is 2.22. The first-order valence-electron chi connectivity index (χ1n) is 6.44. The number of carbonyl (C=O) groups is 2. The number of esters is 1. The summed E-state index contributed by atoms with van der Waals surface area (Å²) >= 11 is 1.20. The van der Waals surface area contributed by atoms with E-state index >= 15 is 0 Å². The molecule has 6 heteroatoms. The Morgan fingerprint density at radius 3 is 2.63 bits per heavy atom. The van der Waals surface area contributed by atoms with Crippen molar-refractivity contribution >= 4 is 28.2 Å². The number of nitrogens with one attached hydrogen (secondary N) is 1. The molecule has 0 bridgehead atoms. The molecule has 106 valence electrons. The molecule has 0 aromatic carbocycles. The number of nitrogens with zero attached hydrogens (tertiary/aromatic N) is 1. The standard InChI is InChI=1S/C13H20N2O3S/c1-5-7-8(3)14-13-15-10(12(17)18-6-2)11(19-13)9(4)16/h8H,5-7H2,1-4H3,(H,14,15). The van der Waals surface area contributed by atoms with Crippen LogP contribution in [0.15, 0.2) is 0 Å². The van der Waals surface area contributed by atoms with E-state index < -0.39 is 5.97 Å². The van der Waals surface area contributed by atoms with Gasteiger partial charge in [-0.1, -0.05) is 24.7 Å². The second kappa shape index (κ2) is 7.23. The maximum atomic E-state index is 11.7. The molecule has 0 radical (unpaired) electrons. The Labute approximate surface area is 117 Å². The molecule has 1 heterocycles. The maximum Gasteiger partial charge on any atom is 0.358 e. The highest BCUT2D eigenvalue weighted by Crippen LogP contribution is 2.25. The van der Waals surface area contributed by atoms with Crippen LogP contribution in [0, 0.1) is 0 Å². The van der Waals surface area contributed by atoms with E-state index in [2.05, 4.69) is 17.2 Å². The zero-order valence-corrected chi connectivity index (χ0v) is 12.6. The summed E-state index contributed by atoms with van der Waals surface area (Å²) in [6, 6.07) is 0.256. The molecule has 0 fully saturated rings. The Morgan fingerprint density at radius 1 is 1.42 bits per heavy atom. The lowest BCUT2D eigenvalue weighted by atomic mass is 10.2. The molecule has 1 rings (SSSR count).